The van der Waals surface area contributed by atoms with Crippen LogP contribution in [0.2, 0.25) is 10.0 Å². The smallest absolute Gasteiger partial charge is 0.222 e. The van der Waals surface area contributed by atoms with E-state index >= 15 is 0 Å². The summed E-state index contributed by atoms with van der Waals surface area (Å²) in [6.45, 7) is 5.45. The van der Waals surface area contributed by atoms with Crippen molar-refractivity contribution in [2.45, 2.75) is 25.7 Å². The number of hydrogen-bond donors (Lipinski definition) is 1. The third-order valence-corrected chi connectivity index (χ3v) is 4.41. The van der Waals surface area contributed by atoms with Crippen LogP contribution < -0.4 is 5.32 Å². The number of nitrogens with one attached hydrogen (secondary N) is 1. The van der Waals surface area contributed by atoms with Crippen LogP contribution in [0.4, 0.5) is 0 Å². The molecule has 1 fully saturated rings. The van der Waals surface area contributed by atoms with E-state index in [2.05, 4.69) is 12.2 Å². The van der Waals surface area contributed by atoms with Gasteiger partial charge in [-0.05, 0) is 30.0 Å². The Kier molecular flexibility index (Phi) is 5.70. The van der Waals surface area contributed by atoms with E-state index in [0.29, 0.717) is 16.5 Å². The lowest BCUT2D eigenvalue weighted by atomic mass is 9.95. The van der Waals surface area contributed by atoms with Crippen molar-refractivity contribution in [1.82, 2.24) is 10.2 Å². The highest BCUT2D eigenvalue weighted by molar-refractivity contribution is 6.36. The molecular weight excluding hydrogens is 295 g/mol. The Morgan fingerprint density at radius 2 is 1.90 bits per heavy atom. The molecule has 1 heterocycles. The maximum Gasteiger partial charge on any atom is 0.222 e. The molecule has 3 nitrogen and oxygen atoms in total. The minimum atomic E-state index is 0.183. The molecule has 5 heteroatoms. The van der Waals surface area contributed by atoms with Crippen molar-refractivity contribution in [2.24, 2.45) is 0 Å². The highest BCUT2D eigenvalue weighted by atomic mass is 35.5. The number of benzene rings is 1. The summed E-state index contributed by atoms with van der Waals surface area (Å²) < 4.78 is 0. The van der Waals surface area contributed by atoms with Gasteiger partial charge in [0.15, 0.2) is 0 Å². The Balaban J connectivity index is 1.91. The quantitative estimate of drug-likeness (QED) is 0.924. The van der Waals surface area contributed by atoms with E-state index in [1.165, 1.54) is 0 Å². The van der Waals surface area contributed by atoms with Crippen molar-refractivity contribution >= 4 is 29.1 Å². The molecule has 1 saturated heterocycles. The topological polar surface area (TPSA) is 32.3 Å². The van der Waals surface area contributed by atoms with Crippen molar-refractivity contribution in [2.75, 3.05) is 26.2 Å². The predicted molar refractivity (Wildman–Crippen MR) is 83.6 cm³/mol. The summed E-state index contributed by atoms with van der Waals surface area (Å²) in [5.41, 5.74) is 0.948. The van der Waals surface area contributed by atoms with Gasteiger partial charge in [-0.3, -0.25) is 4.79 Å². The Hall–Kier alpha value is -0.770. The third kappa shape index (κ3) is 3.87. The van der Waals surface area contributed by atoms with E-state index < -0.39 is 0 Å². The van der Waals surface area contributed by atoms with Gasteiger partial charge in [0.2, 0.25) is 5.91 Å². The van der Waals surface area contributed by atoms with Crippen molar-refractivity contribution in [3.05, 3.63) is 33.8 Å². The minimum Gasteiger partial charge on any atom is -0.340 e. The Bertz CT molecular complexity index is 453. The number of piperazine rings is 1. The molecule has 1 aromatic rings. The average Bonchev–Trinajstić information content (AvgIpc) is 2.45. The van der Waals surface area contributed by atoms with Gasteiger partial charge in [-0.1, -0.05) is 36.2 Å². The average molecular weight is 315 g/mol. The van der Waals surface area contributed by atoms with Crippen LogP contribution >= 0.6 is 23.2 Å². The lowest BCUT2D eigenvalue weighted by molar-refractivity contribution is -0.131. The number of hydrogen-bond acceptors (Lipinski definition) is 2. The zero-order valence-electron chi connectivity index (χ0n) is 11.7. The van der Waals surface area contributed by atoms with E-state index in [1.807, 2.05) is 23.1 Å². The monoisotopic (exact) mass is 314 g/mol. The lowest BCUT2D eigenvalue weighted by Crippen LogP contribution is -2.46. The zero-order chi connectivity index (χ0) is 14.5. The van der Waals surface area contributed by atoms with Crippen LogP contribution in [-0.4, -0.2) is 37.0 Å². The highest BCUT2D eigenvalue weighted by Gasteiger charge is 2.19. The molecule has 20 heavy (non-hydrogen) atoms. The summed E-state index contributed by atoms with van der Waals surface area (Å²) in [5, 5.41) is 4.61. The van der Waals surface area contributed by atoms with Crippen LogP contribution in [0.5, 0.6) is 0 Å². The largest absolute Gasteiger partial charge is 0.340 e. The van der Waals surface area contributed by atoms with Gasteiger partial charge in [0.05, 0.1) is 0 Å². The van der Waals surface area contributed by atoms with Crippen molar-refractivity contribution < 1.29 is 4.79 Å². The maximum absolute atomic E-state index is 12.1. The van der Waals surface area contributed by atoms with Gasteiger partial charge in [0.25, 0.3) is 0 Å². The molecule has 1 atom stereocenters. The molecule has 1 amide bonds. The van der Waals surface area contributed by atoms with Gasteiger partial charge in [-0.2, -0.15) is 0 Å². The van der Waals surface area contributed by atoms with E-state index in [4.69, 9.17) is 23.2 Å². The summed E-state index contributed by atoms with van der Waals surface area (Å²) in [4.78, 5) is 14.1. The van der Waals surface area contributed by atoms with Crippen LogP contribution in [-0.2, 0) is 4.79 Å². The Morgan fingerprint density at radius 1 is 1.30 bits per heavy atom. The molecule has 0 radical (unpaired) electrons. The second kappa shape index (κ2) is 7.30. The Labute approximate surface area is 130 Å². The summed E-state index contributed by atoms with van der Waals surface area (Å²) in [7, 11) is 0. The number of rotatable bonds is 4. The first-order chi connectivity index (χ1) is 9.59. The number of amides is 1. The summed E-state index contributed by atoms with van der Waals surface area (Å²) in [6.07, 6.45) is 1.31. The molecule has 1 unspecified atom stereocenters. The van der Waals surface area contributed by atoms with Crippen LogP contribution in [0.1, 0.15) is 31.2 Å². The van der Waals surface area contributed by atoms with Crippen LogP contribution in [0.15, 0.2) is 18.2 Å². The first kappa shape index (κ1) is 15.6. The second-order valence-corrected chi connectivity index (χ2v) is 6.02. The van der Waals surface area contributed by atoms with Gasteiger partial charge >= 0.3 is 0 Å². The van der Waals surface area contributed by atoms with E-state index in [1.54, 1.807) is 0 Å². The minimum absolute atomic E-state index is 0.183. The molecule has 1 N–H and O–H groups in total. The fraction of sp³-hybridized carbons (Fsp3) is 0.533. The maximum atomic E-state index is 12.1. The SMILES string of the molecule is CC(CCC(=O)N1CCNCC1)c1c(Cl)cccc1Cl. The summed E-state index contributed by atoms with van der Waals surface area (Å²) >= 11 is 12.4. The molecule has 0 bridgehead atoms. The molecule has 0 saturated carbocycles. The van der Waals surface area contributed by atoms with E-state index in [9.17, 15) is 4.79 Å². The molecule has 0 spiro atoms. The second-order valence-electron chi connectivity index (χ2n) is 5.21. The van der Waals surface area contributed by atoms with Crippen molar-refractivity contribution in [3.8, 4) is 0 Å². The molecule has 0 aliphatic carbocycles. The first-order valence-electron chi connectivity index (χ1n) is 7.02. The number of carbonyl (C=O) groups is 1. The van der Waals surface area contributed by atoms with E-state index in [-0.39, 0.29) is 11.8 Å². The van der Waals surface area contributed by atoms with Gasteiger partial charge < -0.3 is 10.2 Å². The normalized spacial score (nSPS) is 17.1. The molecule has 110 valence electrons. The first-order valence-corrected chi connectivity index (χ1v) is 7.77. The van der Waals surface area contributed by atoms with Crippen molar-refractivity contribution in [3.63, 3.8) is 0 Å². The molecule has 1 aromatic carbocycles. The third-order valence-electron chi connectivity index (χ3n) is 3.75. The molecule has 2 rings (SSSR count). The summed E-state index contributed by atoms with van der Waals surface area (Å²) in [6, 6.07) is 5.53. The Morgan fingerprint density at radius 3 is 2.50 bits per heavy atom. The molecule has 1 aliphatic rings. The van der Waals surface area contributed by atoms with E-state index in [0.717, 1.165) is 38.2 Å². The van der Waals surface area contributed by atoms with Gasteiger partial charge in [0.1, 0.15) is 0 Å². The highest BCUT2D eigenvalue weighted by Crippen LogP contribution is 2.33. The van der Waals surface area contributed by atoms with Crippen LogP contribution in [0.25, 0.3) is 0 Å². The lowest BCUT2D eigenvalue weighted by Gasteiger charge is -2.28. The molecule has 0 aromatic heterocycles. The van der Waals surface area contributed by atoms with Crippen LogP contribution in [0.3, 0.4) is 0 Å². The standard InChI is InChI=1S/C15H20Cl2N2O/c1-11(15-12(16)3-2-4-13(15)17)5-6-14(20)19-9-7-18-8-10-19/h2-4,11,18H,5-10H2,1H3. The van der Waals surface area contributed by atoms with Gasteiger partial charge in [0, 0.05) is 42.6 Å². The number of carbonyl (C=O) groups excluding carboxylic acids is 1. The van der Waals surface area contributed by atoms with Gasteiger partial charge in [-0.15, -0.1) is 0 Å². The number of halogens is 2. The van der Waals surface area contributed by atoms with Crippen molar-refractivity contribution in [1.29, 1.82) is 0 Å². The van der Waals surface area contributed by atoms with Crippen LogP contribution in [0, 0.1) is 0 Å². The molecule has 1 aliphatic heterocycles. The molecular formula is C15H20Cl2N2O. The fourth-order valence-corrected chi connectivity index (χ4v) is 3.31. The fourth-order valence-electron chi connectivity index (χ4n) is 2.54. The number of nitrogens with zero attached hydrogens (tertiary/aromatic N) is 1. The van der Waals surface area contributed by atoms with Gasteiger partial charge in [-0.25, -0.2) is 0 Å². The predicted octanol–water partition coefficient (Wildman–Crippen LogP) is 3.31. The summed E-state index contributed by atoms with van der Waals surface area (Å²) in [5.74, 6) is 0.407. The zero-order valence-corrected chi connectivity index (χ0v) is 13.2.